The third-order valence-corrected chi connectivity index (χ3v) is 14.3. The molecule has 0 aromatic carbocycles. The first-order chi connectivity index (χ1) is 13.4. The fourth-order valence-electron chi connectivity index (χ4n) is 14.7. The standard InChI is InChI=1S/C28H38/c1-26-7-6-15(10-26)21-23(26)19-12-27(21,2)24-18-11-28(3,25(19)24)22-17(18)9-16-13-4-5-14(8-13)20(16)22/h4-5,13-25H,6-12H2,1-3H3. The van der Waals surface area contributed by atoms with Crippen molar-refractivity contribution in [1.82, 2.24) is 0 Å². The molecule has 8 saturated carbocycles. The Balaban J connectivity index is 1.19. The lowest BCUT2D eigenvalue weighted by Crippen LogP contribution is -2.53. The molecule has 0 aromatic heterocycles. The average molecular weight is 375 g/mol. The van der Waals surface area contributed by atoms with Crippen molar-refractivity contribution in [2.75, 3.05) is 0 Å². The van der Waals surface area contributed by atoms with Crippen LogP contribution < -0.4 is 0 Å². The fourth-order valence-corrected chi connectivity index (χ4v) is 14.7. The molecule has 0 amide bonds. The average Bonchev–Trinajstić information content (AvgIpc) is 3.45. The predicted molar refractivity (Wildman–Crippen MR) is 111 cm³/mol. The van der Waals surface area contributed by atoms with Crippen LogP contribution in [0.25, 0.3) is 0 Å². The van der Waals surface area contributed by atoms with Gasteiger partial charge in [-0.1, -0.05) is 32.9 Å². The normalized spacial score (nSPS) is 78.2. The van der Waals surface area contributed by atoms with E-state index in [1.54, 1.807) is 44.9 Å². The summed E-state index contributed by atoms with van der Waals surface area (Å²) in [6.07, 6.45) is 16.6. The summed E-state index contributed by atoms with van der Waals surface area (Å²) in [6.45, 7) is 8.45. The highest BCUT2D eigenvalue weighted by Gasteiger charge is 2.82. The van der Waals surface area contributed by atoms with Crippen molar-refractivity contribution in [3.8, 4) is 0 Å². The fraction of sp³-hybridized carbons (Fsp3) is 0.929. The summed E-state index contributed by atoms with van der Waals surface area (Å²) in [5, 5.41) is 0. The predicted octanol–water partition coefficient (Wildman–Crippen LogP) is 6.43. The van der Waals surface area contributed by atoms with Crippen LogP contribution in [-0.4, -0.2) is 0 Å². The van der Waals surface area contributed by atoms with Crippen LogP contribution in [0, 0.1) is 93.2 Å². The van der Waals surface area contributed by atoms with Crippen LogP contribution in [0.1, 0.15) is 65.7 Å². The molecule has 0 spiro atoms. The minimum atomic E-state index is 0.726. The van der Waals surface area contributed by atoms with Gasteiger partial charge in [-0.2, -0.15) is 0 Å². The topological polar surface area (TPSA) is 0 Å². The van der Waals surface area contributed by atoms with Crippen LogP contribution in [0.5, 0.6) is 0 Å². The van der Waals surface area contributed by atoms with Crippen LogP contribution >= 0.6 is 0 Å². The third kappa shape index (κ3) is 1.26. The van der Waals surface area contributed by atoms with Gasteiger partial charge in [0, 0.05) is 0 Å². The van der Waals surface area contributed by atoms with E-state index in [0.717, 1.165) is 93.2 Å². The lowest BCUT2D eigenvalue weighted by molar-refractivity contribution is -0.0961. The Kier molecular flexibility index (Phi) is 2.27. The second kappa shape index (κ2) is 4.10. The maximum Gasteiger partial charge on any atom is -0.0194 e. The zero-order valence-electron chi connectivity index (χ0n) is 18.1. The van der Waals surface area contributed by atoms with Gasteiger partial charge in [0.25, 0.3) is 0 Å². The Bertz CT molecular complexity index is 839. The molecule has 8 fully saturated rings. The molecule has 0 aliphatic heterocycles. The molecular formula is C28H38. The van der Waals surface area contributed by atoms with E-state index in [-0.39, 0.29) is 0 Å². The highest BCUT2D eigenvalue weighted by atomic mass is 14.9. The molecule has 0 nitrogen and oxygen atoms in total. The lowest BCUT2D eigenvalue weighted by atomic mass is 9.48. The summed E-state index contributed by atoms with van der Waals surface area (Å²) < 4.78 is 0. The first-order valence-corrected chi connectivity index (χ1v) is 13.1. The quantitative estimate of drug-likeness (QED) is 0.339. The van der Waals surface area contributed by atoms with Crippen molar-refractivity contribution in [3.63, 3.8) is 0 Å². The van der Waals surface area contributed by atoms with Crippen LogP contribution in [-0.2, 0) is 0 Å². The number of hydrogen-bond acceptors (Lipinski definition) is 0. The van der Waals surface area contributed by atoms with Gasteiger partial charge in [0.2, 0.25) is 0 Å². The summed E-state index contributed by atoms with van der Waals surface area (Å²) in [5.74, 6) is 14.4. The SMILES string of the molecule is CC12CCC(C1)C1C2C2CC1(C)C1C3CC(C)(C4C3CC3C5C=CC(C5)C34)C21. The maximum atomic E-state index is 2.86. The van der Waals surface area contributed by atoms with Crippen LogP contribution in [0.15, 0.2) is 12.2 Å². The molecule has 28 heavy (non-hydrogen) atoms. The second-order valence-electron chi connectivity index (χ2n) is 14.6. The summed E-state index contributed by atoms with van der Waals surface area (Å²) >= 11 is 0. The van der Waals surface area contributed by atoms with Gasteiger partial charge < -0.3 is 0 Å². The molecule has 0 heteroatoms. The Morgan fingerprint density at radius 3 is 2.29 bits per heavy atom. The van der Waals surface area contributed by atoms with Gasteiger partial charge in [0.05, 0.1) is 0 Å². The van der Waals surface area contributed by atoms with Gasteiger partial charge in [-0.15, -0.1) is 0 Å². The zero-order valence-corrected chi connectivity index (χ0v) is 18.1. The van der Waals surface area contributed by atoms with E-state index < -0.39 is 0 Å². The zero-order chi connectivity index (χ0) is 18.4. The van der Waals surface area contributed by atoms with E-state index in [1.165, 1.54) is 0 Å². The molecule has 0 heterocycles. The Hall–Kier alpha value is -0.260. The van der Waals surface area contributed by atoms with E-state index in [0.29, 0.717) is 0 Å². The van der Waals surface area contributed by atoms with E-state index in [1.807, 2.05) is 0 Å². The molecule has 0 radical (unpaired) electrons. The highest BCUT2D eigenvalue weighted by molar-refractivity contribution is 5.32. The lowest BCUT2D eigenvalue weighted by Gasteiger charge is -2.57. The van der Waals surface area contributed by atoms with Crippen molar-refractivity contribution in [2.45, 2.75) is 65.7 Å². The van der Waals surface area contributed by atoms with E-state index in [2.05, 4.69) is 32.9 Å². The first-order valence-electron chi connectivity index (χ1n) is 13.1. The van der Waals surface area contributed by atoms with Gasteiger partial charge in [0.15, 0.2) is 0 Å². The molecule has 9 aliphatic carbocycles. The molecule has 9 rings (SSSR count). The van der Waals surface area contributed by atoms with Gasteiger partial charge in [-0.3, -0.25) is 0 Å². The number of allylic oxidation sites excluding steroid dienone is 2. The van der Waals surface area contributed by atoms with Crippen molar-refractivity contribution in [1.29, 1.82) is 0 Å². The largest absolute Gasteiger partial charge is 0.0848 e. The monoisotopic (exact) mass is 374 g/mol. The molecular weight excluding hydrogens is 336 g/mol. The Labute approximate surface area is 171 Å². The number of fused-ring (bicyclic) bond motifs is 25. The van der Waals surface area contributed by atoms with Gasteiger partial charge >= 0.3 is 0 Å². The number of rotatable bonds is 0. The van der Waals surface area contributed by atoms with Crippen molar-refractivity contribution >= 4 is 0 Å². The maximum absolute atomic E-state index is 2.86. The third-order valence-electron chi connectivity index (χ3n) is 14.3. The Morgan fingerprint density at radius 2 is 1.39 bits per heavy atom. The minimum Gasteiger partial charge on any atom is -0.0848 e. The molecule has 8 bridgehead atoms. The van der Waals surface area contributed by atoms with Crippen molar-refractivity contribution in [2.24, 2.45) is 93.2 Å². The second-order valence-corrected chi connectivity index (χ2v) is 14.6. The first kappa shape index (κ1) is 15.5. The van der Waals surface area contributed by atoms with Crippen LogP contribution in [0.3, 0.4) is 0 Å². The van der Waals surface area contributed by atoms with E-state index in [9.17, 15) is 0 Å². The van der Waals surface area contributed by atoms with Gasteiger partial charge in [-0.05, 0) is 138 Å². The molecule has 0 aromatic rings. The van der Waals surface area contributed by atoms with Crippen molar-refractivity contribution in [3.05, 3.63) is 12.2 Å². The molecule has 0 saturated heterocycles. The summed E-state index contributed by atoms with van der Waals surface area (Å²) in [6, 6.07) is 0. The van der Waals surface area contributed by atoms with E-state index in [4.69, 9.17) is 0 Å². The smallest absolute Gasteiger partial charge is 0.0194 e. The molecule has 9 aliphatic rings. The van der Waals surface area contributed by atoms with Crippen LogP contribution in [0.2, 0.25) is 0 Å². The van der Waals surface area contributed by atoms with E-state index >= 15 is 0 Å². The molecule has 16 atom stereocenters. The molecule has 16 unspecified atom stereocenters. The summed E-state index contributed by atoms with van der Waals surface area (Å²) in [5.41, 5.74) is 2.21. The van der Waals surface area contributed by atoms with Gasteiger partial charge in [0.1, 0.15) is 0 Å². The summed E-state index contributed by atoms with van der Waals surface area (Å²) in [7, 11) is 0. The minimum absolute atomic E-state index is 0.726. The Morgan fingerprint density at radius 1 is 0.643 bits per heavy atom. The van der Waals surface area contributed by atoms with Gasteiger partial charge in [-0.25, -0.2) is 0 Å². The molecule has 150 valence electrons. The van der Waals surface area contributed by atoms with Crippen molar-refractivity contribution < 1.29 is 0 Å². The summed E-state index contributed by atoms with van der Waals surface area (Å²) in [4.78, 5) is 0. The highest BCUT2D eigenvalue weighted by Crippen LogP contribution is 2.88. The number of hydrogen-bond donors (Lipinski definition) is 0. The molecule has 0 N–H and O–H groups in total. The van der Waals surface area contributed by atoms with Crippen LogP contribution in [0.4, 0.5) is 0 Å².